The molecule has 0 saturated carbocycles. The van der Waals surface area contributed by atoms with Crippen molar-refractivity contribution >= 4 is 5.91 Å². The number of benzene rings is 1. The number of nitrogens with zero attached hydrogens (tertiary/aromatic N) is 2. The van der Waals surface area contributed by atoms with Gasteiger partial charge < -0.3 is 9.32 Å². The van der Waals surface area contributed by atoms with Gasteiger partial charge in [0.25, 0.3) is 5.91 Å². The second kappa shape index (κ2) is 6.27. The first kappa shape index (κ1) is 14.9. The molecule has 21 heavy (non-hydrogen) atoms. The summed E-state index contributed by atoms with van der Waals surface area (Å²) in [5.41, 5.74) is 2.17. The van der Waals surface area contributed by atoms with Crippen molar-refractivity contribution in [3.63, 3.8) is 0 Å². The highest BCUT2D eigenvalue weighted by molar-refractivity contribution is 5.92. The number of nitriles is 1. The molecule has 4 heteroatoms. The van der Waals surface area contributed by atoms with Gasteiger partial charge in [0.05, 0.1) is 6.07 Å². The van der Waals surface area contributed by atoms with Crippen LogP contribution >= 0.6 is 0 Å². The molecule has 0 fully saturated rings. The lowest BCUT2D eigenvalue weighted by molar-refractivity contribution is 0.0781. The Hall–Kier alpha value is -2.54. The van der Waals surface area contributed by atoms with Gasteiger partial charge in [0, 0.05) is 12.6 Å². The Morgan fingerprint density at radius 2 is 2.10 bits per heavy atom. The monoisotopic (exact) mass is 282 g/mol. The van der Waals surface area contributed by atoms with Crippen molar-refractivity contribution in [3.05, 3.63) is 47.7 Å². The molecular formula is C17H18N2O2. The Morgan fingerprint density at radius 3 is 2.76 bits per heavy atom. The molecule has 0 atom stereocenters. The van der Waals surface area contributed by atoms with Gasteiger partial charge in [0.2, 0.25) is 0 Å². The van der Waals surface area contributed by atoms with Gasteiger partial charge in [-0.05, 0) is 29.7 Å². The first-order chi connectivity index (χ1) is 10.0. The summed E-state index contributed by atoms with van der Waals surface area (Å²) in [5.74, 6) is 1.05. The summed E-state index contributed by atoms with van der Waals surface area (Å²) in [7, 11) is 1.58. The minimum atomic E-state index is -0.289. The molecule has 0 aliphatic rings. The molecule has 4 nitrogen and oxygen atoms in total. The zero-order valence-electron chi connectivity index (χ0n) is 12.5. The molecule has 0 bridgehead atoms. The van der Waals surface area contributed by atoms with E-state index in [1.54, 1.807) is 19.2 Å². The highest BCUT2D eigenvalue weighted by Crippen LogP contribution is 2.26. The van der Waals surface area contributed by atoms with Crippen molar-refractivity contribution in [3.8, 4) is 17.4 Å². The number of carbonyl (C=O) groups excluding carboxylic acids is 1. The molecular weight excluding hydrogens is 264 g/mol. The summed E-state index contributed by atoms with van der Waals surface area (Å²) in [4.78, 5) is 13.4. The van der Waals surface area contributed by atoms with Gasteiger partial charge in [0.15, 0.2) is 5.76 Å². The maximum Gasteiger partial charge on any atom is 0.290 e. The van der Waals surface area contributed by atoms with Gasteiger partial charge >= 0.3 is 0 Å². The Morgan fingerprint density at radius 1 is 1.33 bits per heavy atom. The zero-order valence-corrected chi connectivity index (χ0v) is 12.5. The fraction of sp³-hybridized carbons (Fsp3) is 0.294. The standard InChI is InChI=1S/C17H18N2O2/c1-12(2)13-5-4-6-14(11-13)15-7-8-16(21-15)17(20)19(3)10-9-18/h4-8,11-12H,10H2,1-3H3. The summed E-state index contributed by atoms with van der Waals surface area (Å²) in [6, 6.07) is 13.4. The van der Waals surface area contributed by atoms with Crippen LogP contribution in [0.4, 0.5) is 0 Å². The molecule has 2 aromatic rings. The quantitative estimate of drug-likeness (QED) is 0.804. The van der Waals surface area contributed by atoms with Crippen molar-refractivity contribution in [2.45, 2.75) is 19.8 Å². The normalized spacial score (nSPS) is 10.4. The Kier molecular flexibility index (Phi) is 4.44. The third-order valence-electron chi connectivity index (χ3n) is 3.31. The van der Waals surface area contributed by atoms with E-state index in [4.69, 9.17) is 9.68 Å². The fourth-order valence-electron chi connectivity index (χ4n) is 2.03. The van der Waals surface area contributed by atoms with Crippen LogP contribution in [0.3, 0.4) is 0 Å². The van der Waals surface area contributed by atoms with Crippen LogP contribution in [0, 0.1) is 11.3 Å². The van der Waals surface area contributed by atoms with E-state index in [-0.39, 0.29) is 18.2 Å². The SMILES string of the molecule is CC(C)c1cccc(-c2ccc(C(=O)N(C)CC#N)o2)c1. The van der Waals surface area contributed by atoms with Crippen LogP contribution in [-0.4, -0.2) is 24.4 Å². The molecule has 0 unspecified atom stereocenters. The van der Waals surface area contributed by atoms with Gasteiger partial charge in [-0.1, -0.05) is 32.0 Å². The average molecular weight is 282 g/mol. The predicted octanol–water partition coefficient (Wildman–Crippen LogP) is 3.67. The first-order valence-corrected chi connectivity index (χ1v) is 6.85. The van der Waals surface area contributed by atoms with E-state index in [9.17, 15) is 4.79 Å². The van der Waals surface area contributed by atoms with Gasteiger partial charge in [-0.3, -0.25) is 4.79 Å². The summed E-state index contributed by atoms with van der Waals surface area (Å²) in [6.45, 7) is 4.30. The summed E-state index contributed by atoms with van der Waals surface area (Å²) in [6.07, 6.45) is 0. The average Bonchev–Trinajstić information content (AvgIpc) is 2.96. The van der Waals surface area contributed by atoms with Gasteiger partial charge in [0.1, 0.15) is 12.3 Å². The lowest BCUT2D eigenvalue weighted by Gasteiger charge is -2.10. The number of carbonyl (C=O) groups is 1. The number of hydrogen-bond acceptors (Lipinski definition) is 3. The molecule has 1 aromatic heterocycles. The largest absolute Gasteiger partial charge is 0.451 e. The minimum Gasteiger partial charge on any atom is -0.451 e. The zero-order chi connectivity index (χ0) is 15.4. The Bertz CT molecular complexity index is 680. The first-order valence-electron chi connectivity index (χ1n) is 6.85. The Balaban J connectivity index is 2.26. The number of furan rings is 1. The van der Waals surface area contributed by atoms with Crippen molar-refractivity contribution in [2.24, 2.45) is 0 Å². The lowest BCUT2D eigenvalue weighted by atomic mass is 10.0. The molecule has 1 amide bonds. The maximum atomic E-state index is 12.0. The second-order valence-electron chi connectivity index (χ2n) is 5.26. The van der Waals surface area contributed by atoms with Crippen LogP contribution < -0.4 is 0 Å². The summed E-state index contributed by atoms with van der Waals surface area (Å²) in [5, 5.41) is 8.62. The smallest absolute Gasteiger partial charge is 0.290 e. The van der Waals surface area contributed by atoms with Crippen LogP contribution in [0.1, 0.15) is 35.9 Å². The van der Waals surface area contributed by atoms with E-state index in [0.29, 0.717) is 11.7 Å². The van der Waals surface area contributed by atoms with Crippen LogP contribution in [-0.2, 0) is 0 Å². The molecule has 0 N–H and O–H groups in total. The third kappa shape index (κ3) is 3.32. The Labute approximate surface area is 124 Å². The molecule has 0 aliphatic heterocycles. The predicted molar refractivity (Wildman–Crippen MR) is 80.8 cm³/mol. The van der Waals surface area contributed by atoms with E-state index >= 15 is 0 Å². The minimum absolute atomic E-state index is 0.0394. The number of rotatable bonds is 4. The van der Waals surface area contributed by atoms with E-state index in [0.717, 1.165) is 5.56 Å². The molecule has 1 heterocycles. The lowest BCUT2D eigenvalue weighted by Crippen LogP contribution is -2.26. The van der Waals surface area contributed by atoms with Gasteiger partial charge in [-0.25, -0.2) is 0 Å². The molecule has 1 aromatic carbocycles. The fourth-order valence-corrected chi connectivity index (χ4v) is 2.03. The summed E-state index contributed by atoms with van der Waals surface area (Å²) >= 11 is 0. The van der Waals surface area contributed by atoms with Crippen molar-refractivity contribution < 1.29 is 9.21 Å². The summed E-state index contributed by atoms with van der Waals surface area (Å²) < 4.78 is 5.63. The van der Waals surface area contributed by atoms with Gasteiger partial charge in [-0.2, -0.15) is 5.26 Å². The van der Waals surface area contributed by atoms with Gasteiger partial charge in [-0.15, -0.1) is 0 Å². The molecule has 108 valence electrons. The van der Waals surface area contributed by atoms with E-state index < -0.39 is 0 Å². The van der Waals surface area contributed by atoms with Crippen molar-refractivity contribution in [1.82, 2.24) is 4.90 Å². The topological polar surface area (TPSA) is 57.2 Å². The molecule has 0 saturated heterocycles. The maximum absolute atomic E-state index is 12.0. The van der Waals surface area contributed by atoms with Crippen LogP contribution in [0.5, 0.6) is 0 Å². The number of amides is 1. The van der Waals surface area contributed by atoms with E-state index in [1.165, 1.54) is 10.5 Å². The molecule has 0 radical (unpaired) electrons. The second-order valence-corrected chi connectivity index (χ2v) is 5.26. The third-order valence-corrected chi connectivity index (χ3v) is 3.31. The van der Waals surface area contributed by atoms with Crippen LogP contribution in [0.2, 0.25) is 0 Å². The number of hydrogen-bond donors (Lipinski definition) is 0. The molecule has 0 aliphatic carbocycles. The van der Waals surface area contributed by atoms with Crippen LogP contribution in [0.15, 0.2) is 40.8 Å². The highest BCUT2D eigenvalue weighted by Gasteiger charge is 2.16. The van der Waals surface area contributed by atoms with Crippen LogP contribution in [0.25, 0.3) is 11.3 Å². The van der Waals surface area contributed by atoms with Crippen molar-refractivity contribution in [1.29, 1.82) is 5.26 Å². The van der Waals surface area contributed by atoms with E-state index in [2.05, 4.69) is 26.0 Å². The highest BCUT2D eigenvalue weighted by atomic mass is 16.4. The molecule has 2 rings (SSSR count). The molecule has 0 spiro atoms. The van der Waals surface area contributed by atoms with E-state index in [1.807, 2.05) is 18.2 Å². The van der Waals surface area contributed by atoms with Crippen molar-refractivity contribution in [2.75, 3.05) is 13.6 Å².